The van der Waals surface area contributed by atoms with E-state index in [0.29, 0.717) is 17.7 Å². The van der Waals surface area contributed by atoms with Crippen LogP contribution >= 0.6 is 0 Å². The summed E-state index contributed by atoms with van der Waals surface area (Å²) in [7, 11) is 1.56. The van der Waals surface area contributed by atoms with Crippen LogP contribution < -0.4 is 4.74 Å². The highest BCUT2D eigenvalue weighted by Crippen LogP contribution is 2.34. The average Bonchev–Trinajstić information content (AvgIpc) is 2.47. The minimum Gasteiger partial charge on any atom is -0.496 e. The van der Waals surface area contributed by atoms with Crippen molar-refractivity contribution in [2.75, 3.05) is 7.11 Å². The SMILES string of the molecule is COc1cccc2c1C(=O)OC(c1ccccc1)C2. The smallest absolute Gasteiger partial charge is 0.342 e. The second-order valence-electron chi connectivity index (χ2n) is 4.50. The van der Waals surface area contributed by atoms with Gasteiger partial charge in [0.15, 0.2) is 0 Å². The molecule has 3 rings (SSSR count). The Hall–Kier alpha value is -2.29. The monoisotopic (exact) mass is 254 g/mol. The predicted molar refractivity (Wildman–Crippen MR) is 71.3 cm³/mol. The normalized spacial score (nSPS) is 17.5. The lowest BCUT2D eigenvalue weighted by atomic mass is 9.94. The number of carbonyl (C=O) groups excluding carboxylic acids is 1. The van der Waals surface area contributed by atoms with Crippen LogP contribution in [0.5, 0.6) is 5.75 Å². The maximum atomic E-state index is 12.1. The second-order valence-corrected chi connectivity index (χ2v) is 4.50. The minimum absolute atomic E-state index is 0.215. The fourth-order valence-corrected chi connectivity index (χ4v) is 2.43. The summed E-state index contributed by atoms with van der Waals surface area (Å²) in [6.07, 6.45) is 0.468. The number of esters is 1. The Balaban J connectivity index is 1.99. The van der Waals surface area contributed by atoms with Crippen molar-refractivity contribution in [1.29, 1.82) is 0 Å². The summed E-state index contributed by atoms with van der Waals surface area (Å²) in [6.45, 7) is 0. The van der Waals surface area contributed by atoms with Crippen LogP contribution in [0.25, 0.3) is 0 Å². The average molecular weight is 254 g/mol. The van der Waals surface area contributed by atoms with Gasteiger partial charge in [-0.2, -0.15) is 0 Å². The predicted octanol–water partition coefficient (Wildman–Crippen LogP) is 3.15. The van der Waals surface area contributed by atoms with Crippen LogP contribution in [0.3, 0.4) is 0 Å². The summed E-state index contributed by atoms with van der Waals surface area (Å²) >= 11 is 0. The van der Waals surface area contributed by atoms with Gasteiger partial charge in [0.25, 0.3) is 0 Å². The Morgan fingerprint density at radius 2 is 1.89 bits per heavy atom. The fourth-order valence-electron chi connectivity index (χ4n) is 2.43. The zero-order valence-corrected chi connectivity index (χ0v) is 10.6. The summed E-state index contributed by atoms with van der Waals surface area (Å²) in [5, 5.41) is 0. The molecule has 3 nitrogen and oxygen atoms in total. The molecule has 2 aromatic carbocycles. The third kappa shape index (κ3) is 2.08. The molecule has 96 valence electrons. The number of methoxy groups -OCH3 is 1. The molecule has 0 bridgehead atoms. The summed E-state index contributed by atoms with van der Waals surface area (Å²) < 4.78 is 10.7. The van der Waals surface area contributed by atoms with Crippen LogP contribution in [0.15, 0.2) is 48.5 Å². The highest BCUT2D eigenvalue weighted by Gasteiger charge is 2.29. The number of hydrogen-bond donors (Lipinski definition) is 0. The molecule has 1 unspecified atom stereocenters. The second kappa shape index (κ2) is 4.76. The molecule has 0 aliphatic carbocycles. The molecule has 0 saturated heterocycles. The Labute approximate surface area is 111 Å². The number of carbonyl (C=O) groups is 1. The first kappa shape index (κ1) is 11.8. The van der Waals surface area contributed by atoms with Crippen molar-refractivity contribution in [3.05, 3.63) is 65.2 Å². The molecule has 1 heterocycles. The zero-order chi connectivity index (χ0) is 13.2. The van der Waals surface area contributed by atoms with E-state index in [0.717, 1.165) is 11.1 Å². The molecule has 0 N–H and O–H groups in total. The lowest BCUT2D eigenvalue weighted by Gasteiger charge is -2.26. The number of benzene rings is 2. The molecule has 0 amide bonds. The molecule has 2 aromatic rings. The van der Waals surface area contributed by atoms with Crippen molar-refractivity contribution in [3.8, 4) is 5.75 Å². The van der Waals surface area contributed by atoms with Gasteiger partial charge in [-0.05, 0) is 17.2 Å². The molecule has 3 heteroatoms. The molecule has 1 aliphatic heterocycles. The molecule has 1 atom stereocenters. The summed E-state index contributed by atoms with van der Waals surface area (Å²) in [4.78, 5) is 12.1. The molecule has 0 fully saturated rings. The van der Waals surface area contributed by atoms with Crippen molar-refractivity contribution in [1.82, 2.24) is 0 Å². The van der Waals surface area contributed by atoms with E-state index < -0.39 is 0 Å². The maximum Gasteiger partial charge on any atom is 0.342 e. The van der Waals surface area contributed by atoms with Gasteiger partial charge in [0.05, 0.1) is 7.11 Å². The van der Waals surface area contributed by atoms with E-state index in [1.54, 1.807) is 13.2 Å². The van der Waals surface area contributed by atoms with E-state index in [4.69, 9.17) is 9.47 Å². The first-order valence-corrected chi connectivity index (χ1v) is 6.21. The Kier molecular flexibility index (Phi) is 2.95. The van der Waals surface area contributed by atoms with Gasteiger partial charge in [-0.25, -0.2) is 4.79 Å². The van der Waals surface area contributed by atoms with Crippen LogP contribution in [0.4, 0.5) is 0 Å². The molecular weight excluding hydrogens is 240 g/mol. The molecule has 0 radical (unpaired) electrons. The highest BCUT2D eigenvalue weighted by molar-refractivity contribution is 5.95. The molecule has 0 saturated carbocycles. The van der Waals surface area contributed by atoms with Crippen LogP contribution in [-0.4, -0.2) is 13.1 Å². The largest absolute Gasteiger partial charge is 0.496 e. The molecular formula is C16H14O3. The van der Waals surface area contributed by atoms with E-state index in [9.17, 15) is 4.79 Å². The van der Waals surface area contributed by atoms with Gasteiger partial charge in [0, 0.05) is 6.42 Å². The van der Waals surface area contributed by atoms with Crippen molar-refractivity contribution in [3.63, 3.8) is 0 Å². The van der Waals surface area contributed by atoms with E-state index in [2.05, 4.69) is 0 Å². The number of ether oxygens (including phenoxy) is 2. The van der Waals surface area contributed by atoms with Crippen molar-refractivity contribution in [2.45, 2.75) is 12.5 Å². The van der Waals surface area contributed by atoms with Gasteiger partial charge in [-0.15, -0.1) is 0 Å². The van der Waals surface area contributed by atoms with Crippen LogP contribution in [0.2, 0.25) is 0 Å². The maximum absolute atomic E-state index is 12.1. The van der Waals surface area contributed by atoms with Gasteiger partial charge < -0.3 is 9.47 Å². The molecule has 19 heavy (non-hydrogen) atoms. The van der Waals surface area contributed by atoms with Gasteiger partial charge in [-0.3, -0.25) is 0 Å². The Morgan fingerprint density at radius 3 is 2.63 bits per heavy atom. The number of cyclic esters (lactones) is 1. The summed E-state index contributed by atoms with van der Waals surface area (Å²) in [5.74, 6) is 0.265. The van der Waals surface area contributed by atoms with Crippen LogP contribution in [0, 0.1) is 0 Å². The Morgan fingerprint density at radius 1 is 1.11 bits per heavy atom. The number of hydrogen-bond acceptors (Lipinski definition) is 3. The topological polar surface area (TPSA) is 35.5 Å². The summed E-state index contributed by atoms with van der Waals surface area (Å²) in [6, 6.07) is 15.4. The van der Waals surface area contributed by atoms with E-state index in [-0.39, 0.29) is 12.1 Å². The third-order valence-electron chi connectivity index (χ3n) is 3.36. The van der Waals surface area contributed by atoms with Gasteiger partial charge in [-0.1, -0.05) is 42.5 Å². The van der Waals surface area contributed by atoms with Gasteiger partial charge >= 0.3 is 5.97 Å². The molecule has 1 aliphatic rings. The lowest BCUT2D eigenvalue weighted by Crippen LogP contribution is -2.22. The van der Waals surface area contributed by atoms with Crippen molar-refractivity contribution in [2.24, 2.45) is 0 Å². The van der Waals surface area contributed by atoms with Gasteiger partial charge in [0.2, 0.25) is 0 Å². The quantitative estimate of drug-likeness (QED) is 0.772. The standard InChI is InChI=1S/C16H14O3/c1-18-13-9-5-8-12-10-14(19-16(17)15(12)13)11-6-3-2-4-7-11/h2-9,14H,10H2,1H3. The highest BCUT2D eigenvalue weighted by atomic mass is 16.5. The van der Waals surface area contributed by atoms with E-state index >= 15 is 0 Å². The lowest BCUT2D eigenvalue weighted by molar-refractivity contribution is 0.0248. The van der Waals surface area contributed by atoms with Crippen LogP contribution in [0.1, 0.15) is 27.6 Å². The summed E-state index contributed by atoms with van der Waals surface area (Å²) in [5.41, 5.74) is 2.55. The van der Waals surface area contributed by atoms with Crippen molar-refractivity contribution >= 4 is 5.97 Å². The first-order valence-electron chi connectivity index (χ1n) is 6.21. The number of rotatable bonds is 2. The van der Waals surface area contributed by atoms with E-state index in [1.165, 1.54) is 0 Å². The fraction of sp³-hybridized carbons (Fsp3) is 0.188. The Bertz CT molecular complexity index is 605. The zero-order valence-electron chi connectivity index (χ0n) is 10.6. The molecule has 0 aromatic heterocycles. The van der Waals surface area contributed by atoms with Crippen molar-refractivity contribution < 1.29 is 14.3 Å². The third-order valence-corrected chi connectivity index (χ3v) is 3.36. The molecule has 0 spiro atoms. The van der Waals surface area contributed by atoms with Crippen LogP contribution in [-0.2, 0) is 11.2 Å². The van der Waals surface area contributed by atoms with Gasteiger partial charge in [0.1, 0.15) is 17.4 Å². The van der Waals surface area contributed by atoms with E-state index in [1.807, 2.05) is 42.5 Å². The first-order chi connectivity index (χ1) is 9.29. The number of fused-ring (bicyclic) bond motifs is 1. The minimum atomic E-state index is -0.312.